The van der Waals surface area contributed by atoms with Gasteiger partial charge in [0.05, 0.1) is 5.56 Å². The van der Waals surface area contributed by atoms with Crippen LogP contribution in [-0.4, -0.2) is 11.3 Å². The van der Waals surface area contributed by atoms with E-state index < -0.39 is 5.82 Å². The topological polar surface area (TPSA) is 39.2 Å². The van der Waals surface area contributed by atoms with Crippen molar-refractivity contribution in [3.05, 3.63) is 59.2 Å². The number of aryl methyl sites for hydroxylation is 1. The zero-order chi connectivity index (χ0) is 13.0. The number of nitrogens with zero attached hydrogens (tertiary/aromatic N) is 1. The summed E-state index contributed by atoms with van der Waals surface area (Å²) in [4.78, 5) is 14.8. The molecule has 1 aromatic carbocycles. The average Bonchev–Trinajstić information content (AvgIpc) is 2.37. The molecule has 2 aromatic rings. The third-order valence-electron chi connectivity index (χ3n) is 2.42. The van der Waals surface area contributed by atoms with E-state index >= 15 is 0 Å². The van der Waals surface area contributed by atoms with E-state index in [1.807, 2.05) is 13.0 Å². The number of pyridine rings is 1. The van der Waals surface area contributed by atoms with Gasteiger partial charge in [-0.15, -0.1) is 0 Å². The first-order chi connectivity index (χ1) is 8.69. The molecule has 0 atom stereocenters. The first-order valence-corrected chi connectivity index (χ1v) is 5.47. The van der Waals surface area contributed by atoms with E-state index in [0.29, 0.717) is 18.6 Å². The quantitative estimate of drug-likeness (QED) is 0.777. The summed E-state index contributed by atoms with van der Waals surface area (Å²) >= 11 is 0. The largest absolute Gasteiger partial charge is 0.488 e. The van der Waals surface area contributed by atoms with Crippen LogP contribution in [0.25, 0.3) is 0 Å². The molecule has 0 radical (unpaired) electrons. The number of hydrogen-bond donors (Lipinski definition) is 0. The summed E-state index contributed by atoms with van der Waals surface area (Å²) < 4.78 is 18.4. The molecule has 0 aliphatic carbocycles. The minimum atomic E-state index is -0.457. The number of benzene rings is 1. The first kappa shape index (κ1) is 12.2. The highest BCUT2D eigenvalue weighted by Gasteiger charge is 2.05. The number of carbonyl (C=O) groups is 1. The molecule has 18 heavy (non-hydrogen) atoms. The molecule has 0 amide bonds. The van der Waals surface area contributed by atoms with Crippen LogP contribution in [-0.2, 0) is 6.61 Å². The molecule has 4 heteroatoms. The maximum absolute atomic E-state index is 12.9. The molecule has 2 rings (SSSR count). The lowest BCUT2D eigenvalue weighted by atomic mass is 10.2. The molecule has 92 valence electrons. The van der Waals surface area contributed by atoms with Gasteiger partial charge in [-0.3, -0.25) is 9.78 Å². The van der Waals surface area contributed by atoms with Gasteiger partial charge in [-0.25, -0.2) is 4.39 Å². The molecule has 1 heterocycles. The number of halogens is 1. The van der Waals surface area contributed by atoms with Gasteiger partial charge in [-0.2, -0.15) is 0 Å². The molecule has 0 aliphatic rings. The number of ether oxygens (including phenoxy) is 1. The third kappa shape index (κ3) is 2.91. The van der Waals surface area contributed by atoms with Gasteiger partial charge in [-0.05, 0) is 36.8 Å². The first-order valence-electron chi connectivity index (χ1n) is 5.47. The van der Waals surface area contributed by atoms with E-state index in [-0.39, 0.29) is 5.56 Å². The van der Waals surface area contributed by atoms with Crippen LogP contribution in [0.15, 0.2) is 36.7 Å². The van der Waals surface area contributed by atoms with Gasteiger partial charge in [0.2, 0.25) is 0 Å². The van der Waals surface area contributed by atoms with E-state index in [0.717, 1.165) is 17.2 Å². The second kappa shape index (κ2) is 5.40. The Labute approximate surface area is 104 Å². The van der Waals surface area contributed by atoms with E-state index in [1.54, 1.807) is 12.4 Å². The summed E-state index contributed by atoms with van der Waals surface area (Å²) in [5, 5.41) is 0. The maximum atomic E-state index is 12.9. The number of aldehydes is 1. The SMILES string of the molecule is Cc1cncc(COc2ccc(F)cc2C=O)c1. The van der Waals surface area contributed by atoms with Gasteiger partial charge < -0.3 is 4.74 Å². The number of rotatable bonds is 4. The molecule has 0 saturated carbocycles. The van der Waals surface area contributed by atoms with E-state index in [4.69, 9.17) is 4.74 Å². The Balaban J connectivity index is 2.13. The normalized spacial score (nSPS) is 10.1. The Bertz CT molecular complexity index is 569. The van der Waals surface area contributed by atoms with Crippen molar-refractivity contribution in [2.24, 2.45) is 0 Å². The van der Waals surface area contributed by atoms with Crippen molar-refractivity contribution < 1.29 is 13.9 Å². The maximum Gasteiger partial charge on any atom is 0.153 e. The zero-order valence-corrected chi connectivity index (χ0v) is 9.89. The molecule has 3 nitrogen and oxygen atoms in total. The van der Waals surface area contributed by atoms with Gasteiger partial charge in [-0.1, -0.05) is 0 Å². The molecule has 0 N–H and O–H groups in total. The lowest BCUT2D eigenvalue weighted by Crippen LogP contribution is -1.99. The minimum Gasteiger partial charge on any atom is -0.488 e. The summed E-state index contributed by atoms with van der Waals surface area (Å²) in [6, 6.07) is 5.80. The fourth-order valence-electron chi connectivity index (χ4n) is 1.60. The van der Waals surface area contributed by atoms with Crippen LogP contribution in [0, 0.1) is 12.7 Å². The van der Waals surface area contributed by atoms with E-state index in [9.17, 15) is 9.18 Å². The van der Waals surface area contributed by atoms with E-state index in [2.05, 4.69) is 4.98 Å². The number of carbonyl (C=O) groups excluding carboxylic acids is 1. The predicted octanol–water partition coefficient (Wildman–Crippen LogP) is 2.92. The molecule has 0 saturated heterocycles. The highest BCUT2D eigenvalue weighted by Crippen LogP contribution is 2.19. The van der Waals surface area contributed by atoms with Crippen LogP contribution in [0.4, 0.5) is 4.39 Å². The molecular formula is C14H12FNO2. The standard InChI is InChI=1S/C14H12FNO2/c1-10-4-11(7-16-6-10)9-18-14-3-2-13(15)5-12(14)8-17/h2-8H,9H2,1H3. The van der Waals surface area contributed by atoms with Crippen LogP contribution in [0.5, 0.6) is 5.75 Å². The predicted molar refractivity (Wildman–Crippen MR) is 65.1 cm³/mol. The molecule has 0 fully saturated rings. The van der Waals surface area contributed by atoms with Crippen molar-refractivity contribution in [1.29, 1.82) is 0 Å². The van der Waals surface area contributed by atoms with Gasteiger partial charge in [0.25, 0.3) is 0 Å². The number of aromatic nitrogens is 1. The van der Waals surface area contributed by atoms with Gasteiger partial charge in [0, 0.05) is 18.0 Å². The summed E-state index contributed by atoms with van der Waals surface area (Å²) in [5.41, 5.74) is 2.14. The lowest BCUT2D eigenvalue weighted by molar-refractivity contribution is 0.111. The Hall–Kier alpha value is -2.23. The fourth-order valence-corrected chi connectivity index (χ4v) is 1.60. The van der Waals surface area contributed by atoms with Crippen molar-refractivity contribution in [2.75, 3.05) is 0 Å². The molecular weight excluding hydrogens is 233 g/mol. The monoisotopic (exact) mass is 245 g/mol. The Kier molecular flexibility index (Phi) is 3.67. The minimum absolute atomic E-state index is 0.204. The molecule has 0 aliphatic heterocycles. The van der Waals surface area contributed by atoms with Crippen molar-refractivity contribution in [2.45, 2.75) is 13.5 Å². The van der Waals surface area contributed by atoms with Crippen molar-refractivity contribution in [1.82, 2.24) is 4.98 Å². The Morgan fingerprint density at radius 3 is 2.89 bits per heavy atom. The summed E-state index contributed by atoms with van der Waals surface area (Å²) in [6.45, 7) is 2.23. The number of hydrogen-bond acceptors (Lipinski definition) is 3. The molecule has 1 aromatic heterocycles. The summed E-state index contributed by atoms with van der Waals surface area (Å²) in [7, 11) is 0. The molecule has 0 unspecified atom stereocenters. The summed E-state index contributed by atoms with van der Waals surface area (Å²) in [6.07, 6.45) is 4.02. The second-order valence-corrected chi connectivity index (χ2v) is 3.96. The second-order valence-electron chi connectivity index (χ2n) is 3.96. The van der Waals surface area contributed by atoms with Crippen LogP contribution in [0.2, 0.25) is 0 Å². The Morgan fingerprint density at radius 1 is 1.33 bits per heavy atom. The Morgan fingerprint density at radius 2 is 2.17 bits per heavy atom. The van der Waals surface area contributed by atoms with E-state index in [1.165, 1.54) is 12.1 Å². The van der Waals surface area contributed by atoms with Gasteiger partial charge in [0.15, 0.2) is 6.29 Å². The van der Waals surface area contributed by atoms with Crippen molar-refractivity contribution in [3.63, 3.8) is 0 Å². The van der Waals surface area contributed by atoms with Crippen molar-refractivity contribution >= 4 is 6.29 Å². The fraction of sp³-hybridized carbons (Fsp3) is 0.143. The molecule has 0 bridgehead atoms. The average molecular weight is 245 g/mol. The zero-order valence-electron chi connectivity index (χ0n) is 9.89. The van der Waals surface area contributed by atoms with Gasteiger partial charge >= 0.3 is 0 Å². The highest BCUT2D eigenvalue weighted by molar-refractivity contribution is 5.79. The van der Waals surface area contributed by atoms with Crippen molar-refractivity contribution in [3.8, 4) is 5.75 Å². The smallest absolute Gasteiger partial charge is 0.153 e. The molecule has 0 spiro atoms. The van der Waals surface area contributed by atoms with Crippen LogP contribution < -0.4 is 4.74 Å². The van der Waals surface area contributed by atoms with Crippen LogP contribution in [0.1, 0.15) is 21.5 Å². The van der Waals surface area contributed by atoms with Gasteiger partial charge in [0.1, 0.15) is 18.2 Å². The van der Waals surface area contributed by atoms with Crippen LogP contribution in [0.3, 0.4) is 0 Å². The highest BCUT2D eigenvalue weighted by atomic mass is 19.1. The lowest BCUT2D eigenvalue weighted by Gasteiger charge is -2.08. The summed E-state index contributed by atoms with van der Waals surface area (Å²) in [5.74, 6) is -0.0884. The third-order valence-corrected chi connectivity index (χ3v) is 2.42. The van der Waals surface area contributed by atoms with Crippen LogP contribution >= 0.6 is 0 Å².